The van der Waals surface area contributed by atoms with E-state index in [-0.39, 0.29) is 0 Å². The highest BCUT2D eigenvalue weighted by Crippen LogP contribution is 2.02. The van der Waals surface area contributed by atoms with Crippen molar-refractivity contribution in [3.05, 3.63) is 90.0 Å². The molecule has 0 spiro atoms. The zero-order valence-corrected chi connectivity index (χ0v) is 11.6. The molecule has 0 N–H and O–H groups in total. The van der Waals surface area contributed by atoms with Gasteiger partial charge < -0.3 is 4.74 Å². The van der Waals surface area contributed by atoms with Crippen LogP contribution in [-0.4, -0.2) is 6.61 Å². The lowest BCUT2D eigenvalue weighted by atomic mass is 10.2. The van der Waals surface area contributed by atoms with Crippen LogP contribution in [0.1, 0.15) is 17.5 Å². The third kappa shape index (κ3) is 5.68. The summed E-state index contributed by atoms with van der Waals surface area (Å²) in [6.45, 7) is 1.44. The number of rotatable bonds is 7. The highest BCUT2D eigenvalue weighted by Gasteiger charge is 1.89. The largest absolute Gasteiger partial charge is 0.376 e. The van der Waals surface area contributed by atoms with Crippen molar-refractivity contribution < 1.29 is 4.74 Å². The van der Waals surface area contributed by atoms with E-state index in [2.05, 4.69) is 48.6 Å². The Morgan fingerprint density at radius 3 is 2.25 bits per heavy atom. The summed E-state index contributed by atoms with van der Waals surface area (Å²) < 4.78 is 5.61. The lowest BCUT2D eigenvalue weighted by Crippen LogP contribution is -1.93. The monoisotopic (exact) mass is 264 g/mol. The van der Waals surface area contributed by atoms with Crippen molar-refractivity contribution in [1.29, 1.82) is 0 Å². The Hall–Kier alpha value is -2.12. The van der Waals surface area contributed by atoms with Gasteiger partial charge in [0.05, 0.1) is 13.2 Å². The number of hydrogen-bond donors (Lipinski definition) is 0. The Labute approximate surface area is 121 Å². The van der Waals surface area contributed by atoms with Gasteiger partial charge in [-0.05, 0) is 17.5 Å². The van der Waals surface area contributed by atoms with Crippen LogP contribution < -0.4 is 0 Å². The molecule has 2 aromatic carbocycles. The van der Waals surface area contributed by atoms with Gasteiger partial charge in [-0.15, -0.1) is 0 Å². The van der Waals surface area contributed by atoms with E-state index in [9.17, 15) is 0 Å². The maximum absolute atomic E-state index is 5.61. The van der Waals surface area contributed by atoms with Crippen LogP contribution in [0.3, 0.4) is 0 Å². The molecule has 2 aromatic rings. The fourth-order valence-corrected chi connectivity index (χ4v) is 1.82. The summed E-state index contributed by atoms with van der Waals surface area (Å²) in [5.74, 6) is 0. The molecule has 102 valence electrons. The van der Waals surface area contributed by atoms with E-state index >= 15 is 0 Å². The number of ether oxygens (including phenoxy) is 1. The van der Waals surface area contributed by atoms with Gasteiger partial charge in [-0.25, -0.2) is 0 Å². The lowest BCUT2D eigenvalue weighted by Gasteiger charge is -2.01. The molecule has 2 rings (SSSR count). The van der Waals surface area contributed by atoms with E-state index in [1.807, 2.05) is 36.4 Å². The summed E-state index contributed by atoms with van der Waals surface area (Å²) in [5.41, 5.74) is 2.44. The number of benzene rings is 2. The first-order chi connectivity index (χ1) is 9.95. The van der Waals surface area contributed by atoms with Crippen molar-refractivity contribution in [3.8, 4) is 0 Å². The third-order valence-corrected chi connectivity index (χ3v) is 2.88. The summed E-state index contributed by atoms with van der Waals surface area (Å²) >= 11 is 0. The van der Waals surface area contributed by atoms with Gasteiger partial charge in [0.15, 0.2) is 0 Å². The molecule has 0 atom stereocenters. The molecule has 0 saturated carbocycles. The van der Waals surface area contributed by atoms with Gasteiger partial charge in [0.25, 0.3) is 0 Å². The van der Waals surface area contributed by atoms with Crippen molar-refractivity contribution in [2.24, 2.45) is 0 Å². The predicted octanol–water partition coefficient (Wildman–Crippen LogP) is 4.86. The third-order valence-electron chi connectivity index (χ3n) is 2.88. The fourth-order valence-electron chi connectivity index (χ4n) is 1.82. The molecule has 0 heterocycles. The van der Waals surface area contributed by atoms with Crippen molar-refractivity contribution >= 4 is 6.08 Å². The van der Waals surface area contributed by atoms with Gasteiger partial charge in [0.1, 0.15) is 0 Å². The molecule has 0 fully saturated rings. The molecule has 0 aliphatic rings. The van der Waals surface area contributed by atoms with Crippen LogP contribution in [0.4, 0.5) is 0 Å². The second-order valence-corrected chi connectivity index (χ2v) is 4.52. The second kappa shape index (κ2) is 8.89. The highest BCUT2D eigenvalue weighted by molar-refractivity contribution is 5.50. The number of hydrogen-bond acceptors (Lipinski definition) is 1. The van der Waals surface area contributed by atoms with E-state index in [4.69, 9.17) is 4.74 Å². The average Bonchev–Trinajstić information content (AvgIpc) is 2.52. The van der Waals surface area contributed by atoms with Crippen LogP contribution in [0.2, 0.25) is 0 Å². The molecule has 0 unspecified atom stereocenters. The normalized spacial score (nSPS) is 11.4. The average molecular weight is 264 g/mol. The SMILES string of the molecule is C(/C=C/c1ccccc1)=C\CCOCc1ccccc1. The first-order valence-electron chi connectivity index (χ1n) is 6.95. The van der Waals surface area contributed by atoms with Crippen LogP contribution in [0.15, 0.2) is 78.9 Å². The zero-order chi connectivity index (χ0) is 13.9. The molecule has 0 aromatic heterocycles. The van der Waals surface area contributed by atoms with E-state index in [1.54, 1.807) is 0 Å². The minimum absolute atomic E-state index is 0.689. The minimum Gasteiger partial charge on any atom is -0.376 e. The molecular weight excluding hydrogens is 244 g/mol. The van der Waals surface area contributed by atoms with Gasteiger partial charge in [-0.3, -0.25) is 0 Å². The van der Waals surface area contributed by atoms with Crippen LogP contribution in [0, 0.1) is 0 Å². The molecule has 0 amide bonds. The smallest absolute Gasteiger partial charge is 0.0717 e. The summed E-state index contributed by atoms with van der Waals surface area (Å²) in [6.07, 6.45) is 9.29. The van der Waals surface area contributed by atoms with Gasteiger partial charge in [-0.1, -0.05) is 85.0 Å². The van der Waals surface area contributed by atoms with E-state index in [0.29, 0.717) is 6.61 Å². The quantitative estimate of drug-likeness (QED) is 0.512. The standard InChI is InChI=1S/C19H20O/c1(5-11-18-12-6-3-7-13-18)2-10-16-20-17-19-14-8-4-9-15-19/h1-9,11-15H,10,16-17H2/b2-1+,11-5+. The Balaban J connectivity index is 1.59. The summed E-state index contributed by atoms with van der Waals surface area (Å²) in [7, 11) is 0. The maximum Gasteiger partial charge on any atom is 0.0717 e. The predicted molar refractivity (Wildman–Crippen MR) is 85.3 cm³/mol. The second-order valence-electron chi connectivity index (χ2n) is 4.52. The minimum atomic E-state index is 0.689. The van der Waals surface area contributed by atoms with Crippen LogP contribution in [-0.2, 0) is 11.3 Å². The Kier molecular flexibility index (Phi) is 6.35. The van der Waals surface area contributed by atoms with E-state index in [1.165, 1.54) is 11.1 Å². The molecule has 1 nitrogen and oxygen atoms in total. The summed E-state index contributed by atoms with van der Waals surface area (Å²) in [6, 6.07) is 20.5. The van der Waals surface area contributed by atoms with Gasteiger partial charge in [0.2, 0.25) is 0 Å². The first-order valence-corrected chi connectivity index (χ1v) is 6.95. The van der Waals surface area contributed by atoms with Gasteiger partial charge in [-0.2, -0.15) is 0 Å². The molecular formula is C19H20O. The molecule has 1 heteroatoms. The lowest BCUT2D eigenvalue weighted by molar-refractivity contribution is 0.125. The number of allylic oxidation sites excluding steroid dienone is 2. The van der Waals surface area contributed by atoms with Crippen LogP contribution in [0.5, 0.6) is 0 Å². The fraction of sp³-hybridized carbons (Fsp3) is 0.158. The van der Waals surface area contributed by atoms with Gasteiger partial charge in [0, 0.05) is 0 Å². The zero-order valence-electron chi connectivity index (χ0n) is 11.6. The summed E-state index contributed by atoms with van der Waals surface area (Å²) in [5, 5.41) is 0. The molecule has 0 saturated heterocycles. The van der Waals surface area contributed by atoms with Crippen molar-refractivity contribution in [3.63, 3.8) is 0 Å². The Bertz CT molecular complexity index is 526. The summed E-state index contributed by atoms with van der Waals surface area (Å²) in [4.78, 5) is 0. The van der Waals surface area contributed by atoms with Crippen molar-refractivity contribution in [1.82, 2.24) is 0 Å². The maximum atomic E-state index is 5.61. The van der Waals surface area contributed by atoms with Crippen molar-refractivity contribution in [2.45, 2.75) is 13.0 Å². The Morgan fingerprint density at radius 2 is 1.50 bits per heavy atom. The molecule has 0 aliphatic carbocycles. The molecule has 0 bridgehead atoms. The topological polar surface area (TPSA) is 9.23 Å². The molecule has 0 aliphatic heterocycles. The molecule has 0 radical (unpaired) electrons. The first kappa shape index (κ1) is 14.3. The van der Waals surface area contributed by atoms with E-state index < -0.39 is 0 Å². The van der Waals surface area contributed by atoms with E-state index in [0.717, 1.165) is 13.0 Å². The highest BCUT2D eigenvalue weighted by atomic mass is 16.5. The van der Waals surface area contributed by atoms with Gasteiger partial charge >= 0.3 is 0 Å². The van der Waals surface area contributed by atoms with Crippen LogP contribution in [0.25, 0.3) is 6.08 Å². The molecule has 20 heavy (non-hydrogen) atoms. The Morgan fingerprint density at radius 1 is 0.800 bits per heavy atom. The van der Waals surface area contributed by atoms with Crippen molar-refractivity contribution in [2.75, 3.05) is 6.61 Å². The van der Waals surface area contributed by atoms with Crippen LogP contribution >= 0.6 is 0 Å².